The predicted octanol–water partition coefficient (Wildman–Crippen LogP) is 4.47. The normalized spacial score (nSPS) is 29.7. The molecule has 4 aliphatic rings. The van der Waals surface area contributed by atoms with Crippen molar-refractivity contribution < 1.29 is 19.4 Å². The third-order valence-electron chi connectivity index (χ3n) is 7.41. The van der Waals surface area contributed by atoms with E-state index in [0.717, 1.165) is 37.9 Å². The molecule has 6 nitrogen and oxygen atoms in total. The first-order valence-electron chi connectivity index (χ1n) is 12.6. The molecule has 2 atom stereocenters. The SMILES string of the molecule is CC(C)(C)CC(C)(C)c1ccc(OCC(=O)NC23CC4CC(CC(O)(C4)C2)C3)cc1.CC(N)=O. The summed E-state index contributed by atoms with van der Waals surface area (Å²) in [4.78, 5) is 21.9. The molecule has 1 aromatic carbocycles. The lowest BCUT2D eigenvalue weighted by Crippen LogP contribution is -2.65. The fourth-order valence-corrected chi connectivity index (χ4v) is 7.27. The highest BCUT2D eigenvalue weighted by Gasteiger charge is 2.57. The smallest absolute Gasteiger partial charge is 0.258 e. The van der Waals surface area contributed by atoms with Crippen LogP contribution in [0.15, 0.2) is 24.3 Å². The molecule has 4 saturated carbocycles. The van der Waals surface area contributed by atoms with E-state index in [1.54, 1.807) is 0 Å². The highest BCUT2D eigenvalue weighted by atomic mass is 16.5. The van der Waals surface area contributed by atoms with Crippen molar-refractivity contribution in [1.82, 2.24) is 5.32 Å². The molecule has 0 saturated heterocycles. The van der Waals surface area contributed by atoms with Crippen molar-refractivity contribution in [3.05, 3.63) is 29.8 Å². The first kappa shape index (κ1) is 26.5. The lowest BCUT2D eigenvalue weighted by atomic mass is 9.51. The Bertz CT molecular complexity index is 867. The number of hydrogen-bond donors (Lipinski definition) is 3. The van der Waals surface area contributed by atoms with E-state index in [9.17, 15) is 14.7 Å². The summed E-state index contributed by atoms with van der Waals surface area (Å²) in [7, 11) is 0. The molecule has 190 valence electrons. The molecule has 4 fully saturated rings. The largest absolute Gasteiger partial charge is 0.484 e. The van der Waals surface area contributed by atoms with E-state index in [4.69, 9.17) is 4.74 Å². The second-order valence-corrected chi connectivity index (χ2v) is 13.1. The molecular formula is C28H44N2O4. The van der Waals surface area contributed by atoms with Crippen LogP contribution >= 0.6 is 0 Å². The maximum absolute atomic E-state index is 12.7. The number of carbonyl (C=O) groups is 2. The van der Waals surface area contributed by atoms with Crippen molar-refractivity contribution in [2.45, 2.75) is 103 Å². The number of amides is 2. The Morgan fingerprint density at radius 2 is 1.59 bits per heavy atom. The van der Waals surface area contributed by atoms with Gasteiger partial charge in [-0.05, 0) is 85.3 Å². The van der Waals surface area contributed by atoms with Crippen molar-refractivity contribution in [1.29, 1.82) is 0 Å². The van der Waals surface area contributed by atoms with Gasteiger partial charge >= 0.3 is 0 Å². The number of aliphatic hydroxyl groups is 1. The van der Waals surface area contributed by atoms with E-state index in [1.165, 1.54) is 18.9 Å². The molecule has 4 aliphatic carbocycles. The molecule has 2 unspecified atom stereocenters. The first-order chi connectivity index (χ1) is 15.6. The van der Waals surface area contributed by atoms with E-state index < -0.39 is 5.60 Å². The molecule has 0 heterocycles. The Morgan fingerprint density at radius 1 is 1.06 bits per heavy atom. The fourth-order valence-electron chi connectivity index (χ4n) is 7.27. The zero-order chi connectivity index (χ0) is 25.4. The van der Waals surface area contributed by atoms with Crippen molar-refractivity contribution in [3.63, 3.8) is 0 Å². The van der Waals surface area contributed by atoms with Crippen LogP contribution in [0.2, 0.25) is 0 Å². The van der Waals surface area contributed by atoms with Gasteiger partial charge in [0, 0.05) is 12.5 Å². The number of primary amides is 1. The zero-order valence-corrected chi connectivity index (χ0v) is 21.9. The minimum Gasteiger partial charge on any atom is -0.484 e. The van der Waals surface area contributed by atoms with Gasteiger partial charge in [-0.1, -0.05) is 46.8 Å². The Morgan fingerprint density at radius 3 is 2.06 bits per heavy atom. The van der Waals surface area contributed by atoms with Crippen molar-refractivity contribution in [3.8, 4) is 5.75 Å². The van der Waals surface area contributed by atoms with E-state index >= 15 is 0 Å². The molecule has 34 heavy (non-hydrogen) atoms. The van der Waals surface area contributed by atoms with Crippen LogP contribution in [0.1, 0.15) is 92.1 Å². The molecule has 0 aromatic heterocycles. The quantitative estimate of drug-likeness (QED) is 0.568. The van der Waals surface area contributed by atoms with Gasteiger partial charge in [-0.3, -0.25) is 9.59 Å². The van der Waals surface area contributed by atoms with Crippen molar-refractivity contribution in [2.75, 3.05) is 6.61 Å². The fraction of sp³-hybridized carbons (Fsp3) is 0.714. The number of hydrogen-bond acceptors (Lipinski definition) is 4. The summed E-state index contributed by atoms with van der Waals surface area (Å²) in [5.41, 5.74) is 5.33. The van der Waals surface area contributed by atoms with E-state index in [2.05, 4.69) is 57.8 Å². The summed E-state index contributed by atoms with van der Waals surface area (Å²) in [5.74, 6) is 1.44. The molecule has 5 rings (SSSR count). The number of benzene rings is 1. The Kier molecular flexibility index (Phi) is 7.43. The van der Waals surface area contributed by atoms with Gasteiger partial charge in [-0.15, -0.1) is 0 Å². The number of ether oxygens (including phenoxy) is 1. The van der Waals surface area contributed by atoms with Gasteiger partial charge in [0.05, 0.1) is 5.60 Å². The van der Waals surface area contributed by atoms with Gasteiger partial charge in [-0.2, -0.15) is 0 Å². The van der Waals surface area contributed by atoms with Gasteiger partial charge in [0.15, 0.2) is 6.61 Å². The number of carbonyl (C=O) groups excluding carboxylic acids is 2. The summed E-state index contributed by atoms with van der Waals surface area (Å²) in [5, 5.41) is 14.1. The van der Waals surface area contributed by atoms with Crippen LogP contribution in [0.25, 0.3) is 0 Å². The zero-order valence-electron chi connectivity index (χ0n) is 21.9. The van der Waals surface area contributed by atoms with Crippen LogP contribution in [-0.2, 0) is 15.0 Å². The minimum atomic E-state index is -0.562. The summed E-state index contributed by atoms with van der Waals surface area (Å²) in [6, 6.07) is 8.18. The van der Waals surface area contributed by atoms with Crippen molar-refractivity contribution in [2.24, 2.45) is 23.0 Å². The van der Waals surface area contributed by atoms with E-state index in [1.807, 2.05) is 12.1 Å². The molecule has 4 bridgehead atoms. The number of nitrogens with two attached hydrogens (primary N) is 1. The summed E-state index contributed by atoms with van der Waals surface area (Å²) in [6.45, 7) is 12.7. The highest BCUT2D eigenvalue weighted by molar-refractivity contribution is 5.78. The van der Waals surface area contributed by atoms with Crippen LogP contribution in [0.5, 0.6) is 5.75 Å². The average Bonchev–Trinajstić information content (AvgIpc) is 2.62. The number of nitrogens with one attached hydrogen (secondary N) is 1. The predicted molar refractivity (Wildman–Crippen MR) is 134 cm³/mol. The van der Waals surface area contributed by atoms with Crippen LogP contribution in [0, 0.1) is 17.3 Å². The van der Waals surface area contributed by atoms with E-state index in [0.29, 0.717) is 18.3 Å². The Hall–Kier alpha value is -2.08. The second-order valence-electron chi connectivity index (χ2n) is 13.1. The topological polar surface area (TPSA) is 102 Å². The van der Waals surface area contributed by atoms with Crippen molar-refractivity contribution >= 4 is 11.8 Å². The van der Waals surface area contributed by atoms with E-state index in [-0.39, 0.29) is 34.8 Å². The van der Waals surface area contributed by atoms with Gasteiger partial charge in [0.1, 0.15) is 5.75 Å². The van der Waals surface area contributed by atoms with Crippen LogP contribution < -0.4 is 15.8 Å². The maximum atomic E-state index is 12.7. The van der Waals surface area contributed by atoms with Crippen LogP contribution in [-0.4, -0.2) is 34.7 Å². The third kappa shape index (κ3) is 6.97. The minimum absolute atomic E-state index is 0.0280. The molecule has 0 aliphatic heterocycles. The standard InChI is InChI=1S/C26H39NO3.C2H5NO/c1-23(2,3)16-24(4,5)20-6-8-21(9-7-20)30-15-22(28)27-25-11-18-10-19(12-25)14-26(29,13-18)17-25;1-2(3)4/h6-9,18-19,29H,10-17H2,1-5H3,(H,27,28);1H3,(H2,3,4). The monoisotopic (exact) mass is 472 g/mol. The lowest BCUT2D eigenvalue weighted by Gasteiger charge is -2.60. The van der Waals surface area contributed by atoms with Gasteiger partial charge in [0.25, 0.3) is 5.91 Å². The van der Waals surface area contributed by atoms with Crippen LogP contribution in [0.4, 0.5) is 0 Å². The molecule has 1 aromatic rings. The summed E-state index contributed by atoms with van der Waals surface area (Å²) in [6.07, 6.45) is 6.86. The molecule has 0 spiro atoms. The molecule has 4 N–H and O–H groups in total. The first-order valence-corrected chi connectivity index (χ1v) is 12.6. The maximum Gasteiger partial charge on any atom is 0.258 e. The summed E-state index contributed by atoms with van der Waals surface area (Å²) < 4.78 is 5.80. The molecule has 0 radical (unpaired) electrons. The van der Waals surface area contributed by atoms with Gasteiger partial charge < -0.3 is 20.9 Å². The molecular weight excluding hydrogens is 428 g/mol. The lowest BCUT2D eigenvalue weighted by molar-refractivity contribution is -0.151. The average molecular weight is 473 g/mol. The third-order valence-corrected chi connectivity index (χ3v) is 7.41. The number of rotatable bonds is 6. The summed E-state index contributed by atoms with van der Waals surface area (Å²) >= 11 is 0. The van der Waals surface area contributed by atoms with Crippen LogP contribution in [0.3, 0.4) is 0 Å². The Balaban J connectivity index is 0.000000751. The Labute approximate surface area is 205 Å². The molecule has 2 amide bonds. The highest BCUT2D eigenvalue weighted by Crippen LogP contribution is 2.57. The second kappa shape index (κ2) is 9.52. The molecule has 6 heteroatoms. The van der Waals surface area contributed by atoms with Gasteiger partial charge in [0.2, 0.25) is 5.91 Å². The van der Waals surface area contributed by atoms with Gasteiger partial charge in [-0.25, -0.2) is 0 Å².